The van der Waals surface area contributed by atoms with Crippen LogP contribution < -0.4 is 10.5 Å². The minimum atomic E-state index is -0.552. The number of nitro benzene ring substituents is 1. The standard InChI is InChI=1S/C14H12FN3O3/c1-8-2-4-10(18(19)20)7-13(8)21-12-5-3-9(15)6-11(12)14(16)17/h2-7H,1H3,(H3,16,17). The van der Waals surface area contributed by atoms with Crippen LogP contribution in [0.3, 0.4) is 0 Å². The van der Waals surface area contributed by atoms with E-state index in [0.717, 1.165) is 12.1 Å². The molecule has 0 aliphatic carbocycles. The number of aryl methyl sites for hydroxylation is 1. The first-order valence-electron chi connectivity index (χ1n) is 5.95. The van der Waals surface area contributed by atoms with Gasteiger partial charge in [-0.1, -0.05) is 0 Å². The Morgan fingerprint density at radius 1 is 1.29 bits per heavy atom. The third-order valence-electron chi connectivity index (χ3n) is 2.83. The van der Waals surface area contributed by atoms with E-state index in [2.05, 4.69) is 0 Å². The Morgan fingerprint density at radius 3 is 2.62 bits per heavy atom. The van der Waals surface area contributed by atoms with E-state index in [9.17, 15) is 14.5 Å². The van der Waals surface area contributed by atoms with Crippen LogP contribution in [-0.2, 0) is 0 Å². The summed E-state index contributed by atoms with van der Waals surface area (Å²) in [6, 6.07) is 7.73. The molecule has 6 nitrogen and oxygen atoms in total. The van der Waals surface area contributed by atoms with E-state index in [4.69, 9.17) is 15.9 Å². The van der Waals surface area contributed by atoms with Crippen LogP contribution >= 0.6 is 0 Å². The van der Waals surface area contributed by atoms with Crippen LogP contribution in [0, 0.1) is 28.3 Å². The number of amidine groups is 1. The van der Waals surface area contributed by atoms with Crippen LogP contribution in [0.15, 0.2) is 36.4 Å². The Morgan fingerprint density at radius 2 is 2.00 bits per heavy atom. The van der Waals surface area contributed by atoms with Gasteiger partial charge in [-0.05, 0) is 36.8 Å². The molecule has 0 saturated carbocycles. The number of rotatable bonds is 4. The Hall–Kier alpha value is -2.96. The average molecular weight is 289 g/mol. The predicted octanol–water partition coefficient (Wildman–Crippen LogP) is 3.12. The molecule has 0 bridgehead atoms. The highest BCUT2D eigenvalue weighted by Crippen LogP contribution is 2.31. The number of nitrogens with one attached hydrogen (secondary N) is 1. The molecule has 0 saturated heterocycles. The molecule has 108 valence electrons. The van der Waals surface area contributed by atoms with Gasteiger partial charge in [0.15, 0.2) is 0 Å². The summed E-state index contributed by atoms with van der Waals surface area (Å²) in [6.45, 7) is 1.72. The van der Waals surface area contributed by atoms with Crippen LogP contribution in [0.4, 0.5) is 10.1 Å². The van der Waals surface area contributed by atoms with Gasteiger partial charge in [0.05, 0.1) is 16.6 Å². The van der Waals surface area contributed by atoms with Crippen molar-refractivity contribution in [1.29, 1.82) is 5.41 Å². The lowest BCUT2D eigenvalue weighted by atomic mass is 10.1. The summed E-state index contributed by atoms with van der Waals surface area (Å²) >= 11 is 0. The SMILES string of the molecule is Cc1ccc([N+](=O)[O-])cc1Oc1ccc(F)cc1C(=N)N. The monoisotopic (exact) mass is 289 g/mol. The van der Waals surface area contributed by atoms with E-state index in [1.54, 1.807) is 13.0 Å². The minimum Gasteiger partial charge on any atom is -0.456 e. The van der Waals surface area contributed by atoms with Gasteiger partial charge in [0, 0.05) is 6.07 Å². The highest BCUT2D eigenvalue weighted by molar-refractivity contribution is 5.97. The lowest BCUT2D eigenvalue weighted by Gasteiger charge is -2.12. The molecule has 0 atom stereocenters. The molecule has 0 spiro atoms. The van der Waals surface area contributed by atoms with Crippen LogP contribution in [0.25, 0.3) is 0 Å². The quantitative estimate of drug-likeness (QED) is 0.390. The molecule has 0 aromatic heterocycles. The van der Waals surface area contributed by atoms with Crippen molar-refractivity contribution in [2.75, 3.05) is 0 Å². The summed E-state index contributed by atoms with van der Waals surface area (Å²) in [6.07, 6.45) is 0. The van der Waals surface area contributed by atoms with Gasteiger partial charge in [-0.15, -0.1) is 0 Å². The maximum absolute atomic E-state index is 13.2. The van der Waals surface area contributed by atoms with Crippen molar-refractivity contribution in [1.82, 2.24) is 0 Å². The third kappa shape index (κ3) is 3.14. The largest absolute Gasteiger partial charge is 0.456 e. The molecule has 2 aromatic carbocycles. The number of nitrogen functional groups attached to an aromatic ring is 1. The van der Waals surface area contributed by atoms with Gasteiger partial charge in [-0.25, -0.2) is 4.39 Å². The van der Waals surface area contributed by atoms with Crippen molar-refractivity contribution >= 4 is 11.5 Å². The van der Waals surface area contributed by atoms with E-state index < -0.39 is 10.7 Å². The molecule has 2 rings (SSSR count). The fraction of sp³-hybridized carbons (Fsp3) is 0.0714. The Bertz CT molecular complexity index is 731. The number of nitro groups is 1. The van der Waals surface area contributed by atoms with Gasteiger partial charge in [-0.2, -0.15) is 0 Å². The first kappa shape index (κ1) is 14.4. The van der Waals surface area contributed by atoms with Gasteiger partial charge in [-0.3, -0.25) is 15.5 Å². The van der Waals surface area contributed by atoms with Crippen LogP contribution in [0.1, 0.15) is 11.1 Å². The summed E-state index contributed by atoms with van der Waals surface area (Å²) < 4.78 is 18.8. The maximum atomic E-state index is 13.2. The molecule has 21 heavy (non-hydrogen) atoms. The number of nitrogens with two attached hydrogens (primary N) is 1. The molecule has 3 N–H and O–H groups in total. The Labute approximate surface area is 119 Å². The van der Waals surface area contributed by atoms with Crippen LogP contribution in [0.2, 0.25) is 0 Å². The molecule has 0 aliphatic rings. The maximum Gasteiger partial charge on any atom is 0.273 e. The van der Waals surface area contributed by atoms with Gasteiger partial charge in [0.25, 0.3) is 5.69 Å². The zero-order valence-corrected chi connectivity index (χ0v) is 11.1. The summed E-state index contributed by atoms with van der Waals surface area (Å²) in [5.74, 6) is -0.498. The van der Waals surface area contributed by atoms with Crippen LogP contribution in [-0.4, -0.2) is 10.8 Å². The zero-order valence-electron chi connectivity index (χ0n) is 11.1. The van der Waals surface area contributed by atoms with Gasteiger partial charge in [0.2, 0.25) is 0 Å². The van der Waals surface area contributed by atoms with E-state index in [0.29, 0.717) is 5.56 Å². The number of benzene rings is 2. The van der Waals surface area contributed by atoms with Gasteiger partial charge in [0.1, 0.15) is 23.2 Å². The minimum absolute atomic E-state index is 0.0842. The Kier molecular flexibility index (Phi) is 3.84. The van der Waals surface area contributed by atoms with E-state index in [1.165, 1.54) is 18.2 Å². The molecule has 0 amide bonds. The predicted molar refractivity (Wildman–Crippen MR) is 75.3 cm³/mol. The second kappa shape index (κ2) is 5.58. The molecular weight excluding hydrogens is 277 g/mol. The van der Waals surface area contributed by atoms with Crippen molar-refractivity contribution < 1.29 is 14.1 Å². The van der Waals surface area contributed by atoms with Crippen molar-refractivity contribution in [2.45, 2.75) is 6.92 Å². The van der Waals surface area contributed by atoms with Gasteiger partial charge >= 0.3 is 0 Å². The highest BCUT2D eigenvalue weighted by Gasteiger charge is 2.14. The van der Waals surface area contributed by atoms with Gasteiger partial charge < -0.3 is 10.5 Å². The fourth-order valence-corrected chi connectivity index (χ4v) is 1.73. The smallest absolute Gasteiger partial charge is 0.273 e. The number of nitrogens with zero attached hydrogens (tertiary/aromatic N) is 1. The number of ether oxygens (including phenoxy) is 1. The third-order valence-corrected chi connectivity index (χ3v) is 2.83. The van der Waals surface area contributed by atoms with Crippen molar-refractivity contribution in [3.63, 3.8) is 0 Å². The molecule has 0 radical (unpaired) electrons. The lowest BCUT2D eigenvalue weighted by molar-refractivity contribution is -0.384. The summed E-state index contributed by atoms with van der Waals surface area (Å²) in [7, 11) is 0. The zero-order chi connectivity index (χ0) is 15.6. The number of hydrogen-bond donors (Lipinski definition) is 2. The van der Waals surface area contributed by atoms with Crippen molar-refractivity contribution in [2.24, 2.45) is 5.73 Å². The van der Waals surface area contributed by atoms with Crippen LogP contribution in [0.5, 0.6) is 11.5 Å². The normalized spacial score (nSPS) is 10.2. The summed E-state index contributed by atoms with van der Waals surface area (Å²) in [5.41, 5.74) is 6.01. The second-order valence-corrected chi connectivity index (χ2v) is 4.36. The fourth-order valence-electron chi connectivity index (χ4n) is 1.73. The first-order chi connectivity index (χ1) is 9.88. The number of non-ortho nitro benzene ring substituents is 1. The van der Waals surface area contributed by atoms with E-state index in [-0.39, 0.29) is 28.6 Å². The molecule has 0 aliphatic heterocycles. The number of hydrogen-bond acceptors (Lipinski definition) is 4. The van der Waals surface area contributed by atoms with Crippen molar-refractivity contribution in [3.05, 3.63) is 63.5 Å². The van der Waals surface area contributed by atoms with E-state index >= 15 is 0 Å². The lowest BCUT2D eigenvalue weighted by Crippen LogP contribution is -2.12. The second-order valence-electron chi connectivity index (χ2n) is 4.36. The highest BCUT2D eigenvalue weighted by atomic mass is 19.1. The first-order valence-corrected chi connectivity index (χ1v) is 5.95. The number of halogens is 1. The van der Waals surface area contributed by atoms with Crippen molar-refractivity contribution in [3.8, 4) is 11.5 Å². The summed E-state index contributed by atoms with van der Waals surface area (Å²) in [5, 5.41) is 18.2. The molecule has 0 unspecified atom stereocenters. The molecule has 0 heterocycles. The molecule has 7 heteroatoms. The topological polar surface area (TPSA) is 102 Å². The molecular formula is C14H12FN3O3. The molecule has 2 aromatic rings. The van der Waals surface area contributed by atoms with E-state index in [1.807, 2.05) is 0 Å². The average Bonchev–Trinajstić information content (AvgIpc) is 2.42. The summed E-state index contributed by atoms with van der Waals surface area (Å²) in [4.78, 5) is 10.2. The molecule has 0 fully saturated rings. The Balaban J connectivity index is 2.45.